The van der Waals surface area contributed by atoms with E-state index in [4.69, 9.17) is 0 Å². The number of nitro groups is 1. The fourth-order valence-corrected chi connectivity index (χ4v) is 2.41. The molecule has 28 heavy (non-hydrogen) atoms. The van der Waals surface area contributed by atoms with Crippen LogP contribution in [-0.2, 0) is 11.8 Å². The topological polar surface area (TPSA) is 137 Å². The lowest BCUT2D eigenvalue weighted by Gasteiger charge is -2.13. The van der Waals surface area contributed by atoms with Crippen LogP contribution in [0.25, 0.3) is 0 Å². The van der Waals surface area contributed by atoms with E-state index in [0.717, 1.165) is 6.20 Å². The average molecular weight is 383 g/mol. The molecular formula is C17H17N7O4. The first-order valence-electron chi connectivity index (χ1n) is 8.24. The number of hydrogen-bond acceptors (Lipinski definition) is 6. The number of aromatic nitrogens is 4. The summed E-state index contributed by atoms with van der Waals surface area (Å²) in [6.45, 7) is 1.57. The standard InChI is InChI=1S/C17H17N7O4/c1-11(23-10-14(9-18-23)24(27)28)16(25)19-12-4-3-5-13(8-12)20-17(26)15-6-7-22(2)21-15/h3-11H,1-2H3,(H,19,25)(H,20,26). The minimum absolute atomic E-state index is 0.195. The Morgan fingerprint density at radius 2 is 1.93 bits per heavy atom. The van der Waals surface area contributed by atoms with Gasteiger partial charge in [-0.1, -0.05) is 6.07 Å². The maximum atomic E-state index is 12.4. The number of carbonyl (C=O) groups is 2. The number of hydrogen-bond donors (Lipinski definition) is 2. The molecule has 2 N–H and O–H groups in total. The molecule has 2 aromatic heterocycles. The van der Waals surface area contributed by atoms with Gasteiger partial charge in [-0.15, -0.1) is 0 Å². The number of benzene rings is 1. The number of anilines is 2. The molecule has 0 radical (unpaired) electrons. The highest BCUT2D eigenvalue weighted by Gasteiger charge is 2.19. The minimum Gasteiger partial charge on any atom is -0.324 e. The van der Waals surface area contributed by atoms with Crippen LogP contribution in [0.3, 0.4) is 0 Å². The van der Waals surface area contributed by atoms with Crippen molar-refractivity contribution < 1.29 is 14.5 Å². The summed E-state index contributed by atoms with van der Waals surface area (Å²) >= 11 is 0. The normalized spacial score (nSPS) is 11.6. The molecule has 144 valence electrons. The second-order valence-corrected chi connectivity index (χ2v) is 6.01. The molecule has 1 atom stereocenters. The second-order valence-electron chi connectivity index (χ2n) is 6.01. The number of aryl methyl sites for hydroxylation is 1. The van der Waals surface area contributed by atoms with Crippen molar-refractivity contribution in [2.24, 2.45) is 7.05 Å². The maximum absolute atomic E-state index is 12.4. The van der Waals surface area contributed by atoms with Gasteiger partial charge in [0.05, 0.1) is 4.92 Å². The molecule has 1 unspecified atom stereocenters. The van der Waals surface area contributed by atoms with Crippen molar-refractivity contribution >= 4 is 28.9 Å². The molecule has 0 saturated carbocycles. The Kier molecular flexibility index (Phi) is 5.16. The van der Waals surface area contributed by atoms with Crippen molar-refractivity contribution in [3.8, 4) is 0 Å². The van der Waals surface area contributed by atoms with E-state index in [1.54, 1.807) is 50.5 Å². The van der Waals surface area contributed by atoms with Crippen LogP contribution in [0.5, 0.6) is 0 Å². The quantitative estimate of drug-likeness (QED) is 0.493. The molecule has 1 aromatic carbocycles. The van der Waals surface area contributed by atoms with Gasteiger partial charge < -0.3 is 10.6 Å². The highest BCUT2D eigenvalue weighted by atomic mass is 16.6. The Morgan fingerprint density at radius 3 is 2.54 bits per heavy atom. The molecule has 0 fully saturated rings. The summed E-state index contributed by atoms with van der Waals surface area (Å²) in [5.41, 5.74) is 1.01. The predicted octanol–water partition coefficient (Wildman–Crippen LogP) is 1.98. The summed E-state index contributed by atoms with van der Waals surface area (Å²) in [5, 5.41) is 24.0. The SMILES string of the molecule is CC(C(=O)Nc1cccc(NC(=O)c2ccn(C)n2)c1)n1cc([N+](=O)[O-])cn1. The largest absolute Gasteiger partial charge is 0.324 e. The number of nitrogens with zero attached hydrogens (tertiary/aromatic N) is 5. The van der Waals surface area contributed by atoms with Crippen molar-refractivity contribution in [1.82, 2.24) is 19.6 Å². The monoisotopic (exact) mass is 383 g/mol. The molecule has 3 aromatic rings. The zero-order valence-corrected chi connectivity index (χ0v) is 15.1. The van der Waals surface area contributed by atoms with Crippen LogP contribution < -0.4 is 10.6 Å². The van der Waals surface area contributed by atoms with Crippen LogP contribution in [0.4, 0.5) is 17.1 Å². The van der Waals surface area contributed by atoms with E-state index in [0.29, 0.717) is 11.4 Å². The minimum atomic E-state index is -0.763. The van der Waals surface area contributed by atoms with Crippen LogP contribution in [0.2, 0.25) is 0 Å². The summed E-state index contributed by atoms with van der Waals surface area (Å²) in [6.07, 6.45) is 3.93. The summed E-state index contributed by atoms with van der Waals surface area (Å²) in [5.74, 6) is -0.785. The van der Waals surface area contributed by atoms with Crippen LogP contribution in [0.15, 0.2) is 48.9 Å². The van der Waals surface area contributed by atoms with Crippen molar-refractivity contribution in [3.05, 3.63) is 64.7 Å². The third-order valence-corrected chi connectivity index (χ3v) is 3.91. The number of carbonyl (C=O) groups excluding carboxylic acids is 2. The van der Waals surface area contributed by atoms with E-state index in [9.17, 15) is 19.7 Å². The van der Waals surface area contributed by atoms with Crippen LogP contribution in [0.1, 0.15) is 23.5 Å². The lowest BCUT2D eigenvalue weighted by molar-refractivity contribution is -0.385. The van der Waals surface area contributed by atoms with Crippen molar-refractivity contribution in [3.63, 3.8) is 0 Å². The second kappa shape index (κ2) is 7.70. The molecule has 11 nitrogen and oxygen atoms in total. The summed E-state index contributed by atoms with van der Waals surface area (Å²) in [7, 11) is 1.71. The van der Waals surface area contributed by atoms with E-state index in [1.807, 2.05) is 0 Å². The average Bonchev–Trinajstić information content (AvgIpc) is 3.30. The van der Waals surface area contributed by atoms with Gasteiger partial charge in [0.15, 0.2) is 5.69 Å². The van der Waals surface area contributed by atoms with Crippen molar-refractivity contribution in [1.29, 1.82) is 0 Å². The Balaban J connectivity index is 1.67. The molecule has 2 amide bonds. The van der Waals surface area contributed by atoms with E-state index < -0.39 is 16.9 Å². The van der Waals surface area contributed by atoms with Gasteiger partial charge in [-0.25, -0.2) is 0 Å². The number of rotatable bonds is 6. The van der Waals surface area contributed by atoms with Gasteiger partial charge >= 0.3 is 5.69 Å². The Morgan fingerprint density at radius 1 is 1.21 bits per heavy atom. The molecule has 0 saturated heterocycles. The molecule has 0 bridgehead atoms. The summed E-state index contributed by atoms with van der Waals surface area (Å²) in [4.78, 5) is 34.7. The van der Waals surface area contributed by atoms with Gasteiger partial charge in [0.2, 0.25) is 5.91 Å². The third kappa shape index (κ3) is 4.20. The zero-order chi connectivity index (χ0) is 20.3. The lowest BCUT2D eigenvalue weighted by Crippen LogP contribution is -2.24. The fraction of sp³-hybridized carbons (Fsp3) is 0.176. The van der Waals surface area contributed by atoms with E-state index in [1.165, 1.54) is 15.6 Å². The first kappa shape index (κ1) is 18.8. The number of amides is 2. The summed E-state index contributed by atoms with van der Waals surface area (Å²) < 4.78 is 2.73. The van der Waals surface area contributed by atoms with Crippen molar-refractivity contribution in [2.75, 3.05) is 10.6 Å². The molecular weight excluding hydrogens is 366 g/mol. The molecule has 3 rings (SSSR count). The Hall–Kier alpha value is -4.02. The maximum Gasteiger partial charge on any atom is 0.307 e. The van der Waals surface area contributed by atoms with Crippen LogP contribution in [0, 0.1) is 10.1 Å². The molecule has 11 heteroatoms. The van der Waals surface area contributed by atoms with Gasteiger partial charge in [-0.3, -0.25) is 29.1 Å². The van der Waals surface area contributed by atoms with Gasteiger partial charge in [-0.05, 0) is 31.2 Å². The first-order chi connectivity index (χ1) is 13.3. The molecule has 0 aliphatic heterocycles. The molecule has 0 spiro atoms. The molecule has 2 heterocycles. The first-order valence-corrected chi connectivity index (χ1v) is 8.24. The fourth-order valence-electron chi connectivity index (χ4n) is 2.41. The Labute approximate surface area is 159 Å². The van der Waals surface area contributed by atoms with E-state index in [2.05, 4.69) is 20.8 Å². The van der Waals surface area contributed by atoms with E-state index in [-0.39, 0.29) is 17.3 Å². The highest BCUT2D eigenvalue weighted by Crippen LogP contribution is 2.18. The molecule has 0 aliphatic carbocycles. The van der Waals surface area contributed by atoms with Gasteiger partial charge in [-0.2, -0.15) is 10.2 Å². The van der Waals surface area contributed by atoms with Gasteiger partial charge in [0, 0.05) is 24.6 Å². The van der Waals surface area contributed by atoms with Gasteiger partial charge in [0.25, 0.3) is 5.91 Å². The lowest BCUT2D eigenvalue weighted by atomic mass is 10.2. The van der Waals surface area contributed by atoms with Crippen LogP contribution in [-0.4, -0.2) is 36.3 Å². The highest BCUT2D eigenvalue weighted by molar-refractivity contribution is 6.03. The predicted molar refractivity (Wildman–Crippen MR) is 99.8 cm³/mol. The smallest absolute Gasteiger partial charge is 0.307 e. The third-order valence-electron chi connectivity index (χ3n) is 3.91. The molecule has 0 aliphatic rings. The number of nitrogens with one attached hydrogen (secondary N) is 2. The Bertz CT molecular complexity index is 1040. The zero-order valence-electron chi connectivity index (χ0n) is 15.1. The van der Waals surface area contributed by atoms with Crippen molar-refractivity contribution in [2.45, 2.75) is 13.0 Å². The van der Waals surface area contributed by atoms with Crippen LogP contribution >= 0.6 is 0 Å². The summed E-state index contributed by atoms with van der Waals surface area (Å²) in [6, 6.07) is 7.43. The van der Waals surface area contributed by atoms with Gasteiger partial charge in [0.1, 0.15) is 18.4 Å². The van der Waals surface area contributed by atoms with E-state index >= 15 is 0 Å².